The molecule has 0 saturated carbocycles. The Morgan fingerprint density at radius 2 is 1.82 bits per heavy atom. The fourth-order valence-corrected chi connectivity index (χ4v) is 4.30. The first-order valence-electron chi connectivity index (χ1n) is 11.2. The summed E-state index contributed by atoms with van der Waals surface area (Å²) in [6.07, 6.45) is 0.149. The Bertz CT molecular complexity index is 1050. The summed E-state index contributed by atoms with van der Waals surface area (Å²) >= 11 is 0. The third-order valence-corrected chi connectivity index (χ3v) is 6.00. The molecule has 0 bridgehead atoms. The second-order valence-electron chi connectivity index (χ2n) is 8.04. The highest BCUT2D eigenvalue weighted by atomic mass is 16.5. The third-order valence-electron chi connectivity index (χ3n) is 6.00. The second-order valence-corrected chi connectivity index (χ2v) is 8.04. The third kappa shape index (κ3) is 4.85. The Labute approximate surface area is 192 Å². The smallest absolute Gasteiger partial charge is 0.336 e. The van der Waals surface area contributed by atoms with Crippen LogP contribution in [0.25, 0.3) is 0 Å². The lowest BCUT2D eigenvalue weighted by Crippen LogP contribution is -2.40. The van der Waals surface area contributed by atoms with Crippen LogP contribution in [0.3, 0.4) is 0 Å². The van der Waals surface area contributed by atoms with Crippen molar-refractivity contribution in [3.05, 3.63) is 70.8 Å². The van der Waals surface area contributed by atoms with E-state index >= 15 is 0 Å². The van der Waals surface area contributed by atoms with E-state index in [2.05, 4.69) is 0 Å². The first-order valence-corrected chi connectivity index (χ1v) is 11.2. The summed E-state index contributed by atoms with van der Waals surface area (Å²) in [6.45, 7) is 5.93. The van der Waals surface area contributed by atoms with Crippen LogP contribution in [0, 0.1) is 0 Å². The molecule has 1 unspecified atom stereocenters. The van der Waals surface area contributed by atoms with Crippen LogP contribution in [-0.4, -0.2) is 60.5 Å². The van der Waals surface area contributed by atoms with Crippen LogP contribution in [0.15, 0.2) is 58.2 Å². The number of benzene rings is 1. The second kappa shape index (κ2) is 10.0. The molecule has 1 atom stereocenters. The molecule has 8 heteroatoms. The van der Waals surface area contributed by atoms with Gasteiger partial charge >= 0.3 is 5.97 Å². The van der Waals surface area contributed by atoms with E-state index in [-0.39, 0.29) is 43.1 Å². The maximum atomic E-state index is 13.1. The SMILES string of the molecule is CCOC(=O)C1=C(C)N(Cc2ccc(C(=O)N3CCOCC3)o2)C(=O)CC1c1ccccc1. The molecule has 33 heavy (non-hydrogen) atoms. The van der Waals surface area contributed by atoms with Gasteiger partial charge in [-0.15, -0.1) is 0 Å². The Kier molecular flexibility index (Phi) is 6.93. The zero-order valence-corrected chi connectivity index (χ0v) is 18.9. The van der Waals surface area contributed by atoms with Gasteiger partial charge in [0.25, 0.3) is 5.91 Å². The molecular formula is C25H28N2O6. The molecule has 0 spiro atoms. The maximum Gasteiger partial charge on any atom is 0.336 e. The van der Waals surface area contributed by atoms with Crippen molar-refractivity contribution in [2.45, 2.75) is 32.7 Å². The molecule has 0 N–H and O–H groups in total. The number of allylic oxidation sites excluding steroid dienone is 1. The summed E-state index contributed by atoms with van der Waals surface area (Å²) in [4.78, 5) is 41.9. The Morgan fingerprint density at radius 3 is 2.52 bits per heavy atom. The first-order chi connectivity index (χ1) is 16.0. The quantitative estimate of drug-likeness (QED) is 0.626. The lowest BCUT2D eigenvalue weighted by molar-refractivity contribution is -0.140. The van der Waals surface area contributed by atoms with Crippen molar-refractivity contribution in [1.82, 2.24) is 9.80 Å². The molecule has 4 rings (SSSR count). The average Bonchev–Trinajstić information content (AvgIpc) is 3.31. The van der Waals surface area contributed by atoms with Crippen LogP contribution in [0.2, 0.25) is 0 Å². The minimum absolute atomic E-state index is 0.119. The predicted octanol–water partition coefficient (Wildman–Crippen LogP) is 3.11. The number of hydrogen-bond donors (Lipinski definition) is 0. The van der Waals surface area contributed by atoms with Crippen molar-refractivity contribution in [3.8, 4) is 0 Å². The van der Waals surface area contributed by atoms with Gasteiger partial charge in [0, 0.05) is 31.1 Å². The molecule has 1 aromatic heterocycles. The number of carbonyl (C=O) groups excluding carboxylic acids is 3. The van der Waals surface area contributed by atoms with E-state index in [1.807, 2.05) is 30.3 Å². The van der Waals surface area contributed by atoms with E-state index in [4.69, 9.17) is 13.9 Å². The highest BCUT2D eigenvalue weighted by molar-refractivity contribution is 5.96. The van der Waals surface area contributed by atoms with Crippen LogP contribution < -0.4 is 0 Å². The summed E-state index contributed by atoms with van der Waals surface area (Å²) in [5, 5.41) is 0. The van der Waals surface area contributed by atoms with E-state index in [0.717, 1.165) is 5.56 Å². The number of nitrogens with zero attached hydrogens (tertiary/aromatic N) is 2. The minimum Gasteiger partial charge on any atom is -0.463 e. The Hall–Kier alpha value is -3.39. The standard InChI is InChI=1S/C25H28N2O6/c1-3-32-25(30)23-17(2)27(22(28)15-20(23)18-7-5-4-6-8-18)16-19-9-10-21(33-19)24(29)26-11-13-31-14-12-26/h4-10,20H,3,11-16H2,1-2H3. The molecule has 2 aliphatic rings. The molecule has 174 valence electrons. The van der Waals surface area contributed by atoms with Crippen LogP contribution >= 0.6 is 0 Å². The summed E-state index contributed by atoms with van der Waals surface area (Å²) in [6, 6.07) is 12.8. The molecule has 8 nitrogen and oxygen atoms in total. The van der Waals surface area contributed by atoms with Crippen LogP contribution in [0.5, 0.6) is 0 Å². The van der Waals surface area contributed by atoms with Crippen LogP contribution in [0.1, 0.15) is 48.1 Å². The molecule has 0 aliphatic carbocycles. The molecule has 2 aliphatic heterocycles. The topological polar surface area (TPSA) is 89.3 Å². The van der Waals surface area contributed by atoms with Gasteiger partial charge in [0.1, 0.15) is 5.76 Å². The van der Waals surface area contributed by atoms with Gasteiger partial charge in [-0.25, -0.2) is 4.79 Å². The maximum absolute atomic E-state index is 13.1. The summed E-state index contributed by atoms with van der Waals surface area (Å²) in [7, 11) is 0. The lowest BCUT2D eigenvalue weighted by Gasteiger charge is -2.34. The zero-order chi connectivity index (χ0) is 23.4. The normalized spacial score (nSPS) is 19.1. The predicted molar refractivity (Wildman–Crippen MR) is 119 cm³/mol. The first kappa shape index (κ1) is 22.8. The van der Waals surface area contributed by atoms with Crippen LogP contribution in [0.4, 0.5) is 0 Å². The number of ether oxygens (including phenoxy) is 2. The summed E-state index contributed by atoms with van der Waals surface area (Å²) in [5.41, 5.74) is 1.90. The van der Waals surface area contributed by atoms with Gasteiger partial charge in [0.15, 0.2) is 5.76 Å². The van der Waals surface area contributed by atoms with Gasteiger partial charge in [-0.05, 0) is 31.5 Å². The van der Waals surface area contributed by atoms with Gasteiger partial charge in [-0.3, -0.25) is 9.59 Å². The molecule has 1 aromatic carbocycles. The van der Waals surface area contributed by atoms with E-state index in [1.165, 1.54) is 4.90 Å². The van der Waals surface area contributed by atoms with E-state index in [9.17, 15) is 14.4 Å². The number of hydrogen-bond acceptors (Lipinski definition) is 6. The zero-order valence-electron chi connectivity index (χ0n) is 18.9. The Balaban J connectivity index is 1.59. The monoisotopic (exact) mass is 452 g/mol. The number of morpholine rings is 1. The van der Waals surface area contributed by atoms with E-state index < -0.39 is 5.97 Å². The Morgan fingerprint density at radius 1 is 1.09 bits per heavy atom. The van der Waals surface area contributed by atoms with Crippen molar-refractivity contribution < 1.29 is 28.3 Å². The van der Waals surface area contributed by atoms with Gasteiger partial charge in [-0.2, -0.15) is 0 Å². The van der Waals surface area contributed by atoms with Crippen molar-refractivity contribution in [2.24, 2.45) is 0 Å². The van der Waals surface area contributed by atoms with Crippen molar-refractivity contribution in [2.75, 3.05) is 32.9 Å². The van der Waals surface area contributed by atoms with Gasteiger partial charge in [0.05, 0.1) is 31.9 Å². The van der Waals surface area contributed by atoms with Gasteiger partial charge in [-0.1, -0.05) is 30.3 Å². The molecule has 1 saturated heterocycles. The fourth-order valence-electron chi connectivity index (χ4n) is 4.30. The summed E-state index contributed by atoms with van der Waals surface area (Å²) in [5.74, 6) is -0.413. The molecule has 3 heterocycles. The molecule has 1 fully saturated rings. The molecule has 2 aromatic rings. The van der Waals surface area contributed by atoms with E-state index in [1.54, 1.807) is 30.9 Å². The van der Waals surface area contributed by atoms with Crippen molar-refractivity contribution in [3.63, 3.8) is 0 Å². The van der Waals surface area contributed by atoms with Gasteiger partial charge < -0.3 is 23.7 Å². The highest BCUT2D eigenvalue weighted by Gasteiger charge is 2.37. The number of furan rings is 1. The van der Waals surface area contributed by atoms with Crippen molar-refractivity contribution >= 4 is 17.8 Å². The van der Waals surface area contributed by atoms with E-state index in [0.29, 0.717) is 43.3 Å². The number of rotatable bonds is 6. The highest BCUT2D eigenvalue weighted by Crippen LogP contribution is 2.37. The molecular weight excluding hydrogens is 424 g/mol. The summed E-state index contributed by atoms with van der Waals surface area (Å²) < 4.78 is 16.4. The molecule has 0 radical (unpaired) electrons. The van der Waals surface area contributed by atoms with Crippen molar-refractivity contribution in [1.29, 1.82) is 0 Å². The van der Waals surface area contributed by atoms with Crippen LogP contribution in [-0.2, 0) is 25.6 Å². The average molecular weight is 453 g/mol. The minimum atomic E-state index is -0.427. The largest absolute Gasteiger partial charge is 0.463 e. The fraction of sp³-hybridized carbons (Fsp3) is 0.400. The number of esters is 1. The van der Waals surface area contributed by atoms with Gasteiger partial charge in [0.2, 0.25) is 5.91 Å². The number of amides is 2. The lowest BCUT2D eigenvalue weighted by atomic mass is 9.83. The number of carbonyl (C=O) groups is 3. The molecule has 2 amide bonds.